The second kappa shape index (κ2) is 7.76. The molecule has 1 aromatic rings. The molecule has 0 saturated carbocycles. The van der Waals surface area contributed by atoms with Gasteiger partial charge in [-0.15, -0.1) is 0 Å². The molecule has 0 fully saturated rings. The highest BCUT2D eigenvalue weighted by atomic mass is 16.5. The largest absolute Gasteiger partial charge is 0.479 e. The van der Waals surface area contributed by atoms with E-state index in [1.165, 1.54) is 12.7 Å². The number of aryl methyl sites for hydroxylation is 1. The number of methoxy groups -OCH3 is 1. The number of hydrogen-bond donors (Lipinski definition) is 1. The van der Waals surface area contributed by atoms with Crippen molar-refractivity contribution in [3.63, 3.8) is 0 Å². The molecule has 5 nitrogen and oxygen atoms in total. The molecule has 0 aromatic carbocycles. The molecule has 0 saturated heterocycles. The van der Waals surface area contributed by atoms with Gasteiger partial charge < -0.3 is 14.6 Å². The van der Waals surface area contributed by atoms with Crippen LogP contribution in [0.25, 0.3) is 0 Å². The molecule has 94 valence electrons. The van der Waals surface area contributed by atoms with Gasteiger partial charge >= 0.3 is 5.97 Å². The van der Waals surface area contributed by atoms with Crippen molar-refractivity contribution in [1.82, 2.24) is 4.98 Å². The number of carbonyl (C=O) groups is 1. The van der Waals surface area contributed by atoms with Gasteiger partial charge in [-0.25, -0.2) is 4.79 Å². The fraction of sp³-hybridized carbons (Fsp3) is 0.500. The minimum atomic E-state index is -0.990. The van der Waals surface area contributed by atoms with E-state index in [2.05, 4.69) is 4.98 Å². The predicted molar refractivity (Wildman–Crippen MR) is 61.8 cm³/mol. The first-order valence-electron chi connectivity index (χ1n) is 5.46. The Morgan fingerprint density at radius 2 is 2.18 bits per heavy atom. The summed E-state index contributed by atoms with van der Waals surface area (Å²) >= 11 is 0. The van der Waals surface area contributed by atoms with E-state index in [4.69, 9.17) is 14.6 Å². The smallest absolute Gasteiger partial charge is 0.335 e. The minimum Gasteiger partial charge on any atom is -0.479 e. The first-order valence-corrected chi connectivity index (χ1v) is 5.46. The summed E-state index contributed by atoms with van der Waals surface area (Å²) in [4.78, 5) is 14.7. The summed E-state index contributed by atoms with van der Waals surface area (Å²) in [5.41, 5.74) is 1.17. The topological polar surface area (TPSA) is 68.7 Å². The van der Waals surface area contributed by atoms with Crippen molar-refractivity contribution >= 4 is 5.97 Å². The lowest BCUT2D eigenvalue weighted by Gasteiger charge is -2.12. The Kier molecular flexibility index (Phi) is 6.21. The average molecular weight is 239 g/mol. The van der Waals surface area contributed by atoms with Gasteiger partial charge in [-0.2, -0.15) is 0 Å². The number of carboxylic acids is 1. The van der Waals surface area contributed by atoms with Crippen molar-refractivity contribution < 1.29 is 19.4 Å². The Hall–Kier alpha value is -1.46. The van der Waals surface area contributed by atoms with E-state index in [0.29, 0.717) is 6.61 Å². The molecule has 17 heavy (non-hydrogen) atoms. The van der Waals surface area contributed by atoms with Gasteiger partial charge in [0.25, 0.3) is 0 Å². The van der Waals surface area contributed by atoms with Crippen LogP contribution in [0, 0.1) is 0 Å². The van der Waals surface area contributed by atoms with Crippen LogP contribution in [0.4, 0.5) is 0 Å². The lowest BCUT2D eigenvalue weighted by Crippen LogP contribution is -2.29. The summed E-state index contributed by atoms with van der Waals surface area (Å²) in [5.74, 6) is -0.990. The number of aliphatic carboxylic acids is 1. The summed E-state index contributed by atoms with van der Waals surface area (Å²) in [5, 5.41) is 8.81. The first-order chi connectivity index (χ1) is 8.24. The molecule has 1 unspecified atom stereocenters. The number of carboxylic acid groups (broad SMARTS) is 1. The molecule has 0 aliphatic heterocycles. The van der Waals surface area contributed by atoms with Crippen LogP contribution in [-0.2, 0) is 20.7 Å². The van der Waals surface area contributed by atoms with Gasteiger partial charge in [-0.1, -0.05) is 0 Å². The van der Waals surface area contributed by atoms with E-state index >= 15 is 0 Å². The lowest BCUT2D eigenvalue weighted by molar-refractivity contribution is -0.153. The SMILES string of the molecule is COCC(OCCCc1ccncc1)C(=O)O. The molecule has 1 N–H and O–H groups in total. The number of rotatable bonds is 8. The van der Waals surface area contributed by atoms with Gasteiger partial charge in [0.15, 0.2) is 6.10 Å². The van der Waals surface area contributed by atoms with Crippen molar-refractivity contribution in [3.05, 3.63) is 30.1 Å². The summed E-state index contributed by atoms with van der Waals surface area (Å²) < 4.78 is 9.99. The summed E-state index contributed by atoms with van der Waals surface area (Å²) in [6, 6.07) is 3.87. The molecule has 1 atom stereocenters. The molecule has 0 radical (unpaired) electrons. The van der Waals surface area contributed by atoms with Gasteiger partial charge in [0.05, 0.1) is 6.61 Å². The molecule has 0 amide bonds. The monoisotopic (exact) mass is 239 g/mol. The molecule has 0 bridgehead atoms. The number of nitrogens with zero attached hydrogens (tertiary/aromatic N) is 1. The molecule has 0 aliphatic carbocycles. The van der Waals surface area contributed by atoms with Gasteiger partial charge in [-0.3, -0.25) is 4.98 Å². The fourth-order valence-corrected chi connectivity index (χ4v) is 1.39. The maximum Gasteiger partial charge on any atom is 0.335 e. The second-order valence-electron chi connectivity index (χ2n) is 3.61. The highest BCUT2D eigenvalue weighted by Gasteiger charge is 2.16. The summed E-state index contributed by atoms with van der Waals surface area (Å²) in [6.45, 7) is 0.479. The van der Waals surface area contributed by atoms with E-state index in [-0.39, 0.29) is 6.61 Å². The molecular formula is C12H17NO4. The predicted octanol–water partition coefficient (Wildman–Crippen LogP) is 1.13. The van der Waals surface area contributed by atoms with Crippen molar-refractivity contribution in [3.8, 4) is 0 Å². The normalized spacial score (nSPS) is 12.3. The quantitative estimate of drug-likeness (QED) is 0.689. The van der Waals surface area contributed by atoms with Crippen LogP contribution in [0.1, 0.15) is 12.0 Å². The van der Waals surface area contributed by atoms with Crippen molar-refractivity contribution in [2.75, 3.05) is 20.3 Å². The van der Waals surface area contributed by atoms with Crippen LogP contribution < -0.4 is 0 Å². The fourth-order valence-electron chi connectivity index (χ4n) is 1.39. The van der Waals surface area contributed by atoms with Gasteiger partial charge in [0.1, 0.15) is 0 Å². The van der Waals surface area contributed by atoms with Crippen LogP contribution >= 0.6 is 0 Å². The zero-order valence-electron chi connectivity index (χ0n) is 9.83. The molecular weight excluding hydrogens is 222 g/mol. The van der Waals surface area contributed by atoms with Crippen LogP contribution in [0.3, 0.4) is 0 Å². The standard InChI is InChI=1S/C12H17NO4/c1-16-9-11(12(14)15)17-8-2-3-10-4-6-13-7-5-10/h4-7,11H,2-3,8-9H2,1H3,(H,14,15). The van der Waals surface area contributed by atoms with Gasteiger partial charge in [0, 0.05) is 26.1 Å². The third kappa shape index (κ3) is 5.42. The van der Waals surface area contributed by atoms with Crippen molar-refractivity contribution in [2.24, 2.45) is 0 Å². The number of aromatic nitrogens is 1. The summed E-state index contributed by atoms with van der Waals surface area (Å²) in [6.07, 6.45) is 4.22. The van der Waals surface area contributed by atoms with Crippen LogP contribution in [0.5, 0.6) is 0 Å². The zero-order valence-corrected chi connectivity index (χ0v) is 9.83. The highest BCUT2D eigenvalue weighted by molar-refractivity contribution is 5.72. The third-order valence-corrected chi connectivity index (χ3v) is 2.27. The maximum absolute atomic E-state index is 10.7. The third-order valence-electron chi connectivity index (χ3n) is 2.27. The average Bonchev–Trinajstić information content (AvgIpc) is 2.34. The van der Waals surface area contributed by atoms with E-state index in [1.807, 2.05) is 12.1 Å². The molecule has 5 heteroatoms. The zero-order chi connectivity index (χ0) is 12.5. The molecule has 0 spiro atoms. The maximum atomic E-state index is 10.7. The lowest BCUT2D eigenvalue weighted by atomic mass is 10.1. The van der Waals surface area contributed by atoms with E-state index < -0.39 is 12.1 Å². The molecule has 0 aliphatic rings. The van der Waals surface area contributed by atoms with Crippen molar-refractivity contribution in [1.29, 1.82) is 0 Å². The van der Waals surface area contributed by atoms with Crippen LogP contribution in [0.15, 0.2) is 24.5 Å². The Labute approximate surface area is 100 Å². The van der Waals surface area contributed by atoms with E-state index in [0.717, 1.165) is 12.8 Å². The van der Waals surface area contributed by atoms with E-state index in [1.54, 1.807) is 12.4 Å². The Bertz CT molecular complexity index is 329. The van der Waals surface area contributed by atoms with Crippen LogP contribution in [0.2, 0.25) is 0 Å². The number of pyridine rings is 1. The molecule has 1 heterocycles. The Morgan fingerprint density at radius 1 is 1.47 bits per heavy atom. The second-order valence-corrected chi connectivity index (χ2v) is 3.61. The highest BCUT2D eigenvalue weighted by Crippen LogP contribution is 2.02. The number of hydrogen-bond acceptors (Lipinski definition) is 4. The van der Waals surface area contributed by atoms with Gasteiger partial charge in [0.2, 0.25) is 0 Å². The summed E-state index contributed by atoms with van der Waals surface area (Å²) in [7, 11) is 1.45. The van der Waals surface area contributed by atoms with E-state index in [9.17, 15) is 4.79 Å². The van der Waals surface area contributed by atoms with Crippen molar-refractivity contribution in [2.45, 2.75) is 18.9 Å². The van der Waals surface area contributed by atoms with Gasteiger partial charge in [-0.05, 0) is 30.5 Å². The molecule has 1 aromatic heterocycles. The molecule has 1 rings (SSSR count). The Morgan fingerprint density at radius 3 is 2.76 bits per heavy atom. The van der Waals surface area contributed by atoms with Crippen LogP contribution in [-0.4, -0.2) is 42.5 Å². The minimum absolute atomic E-state index is 0.0740. The Balaban J connectivity index is 2.20. The first kappa shape index (κ1) is 13.6. The number of ether oxygens (including phenoxy) is 2.